The van der Waals surface area contributed by atoms with Crippen LogP contribution in [0.15, 0.2) is 0 Å². The summed E-state index contributed by atoms with van der Waals surface area (Å²) in [6.07, 6.45) is 6.75. The number of carbonyl (C=O) groups is 1. The van der Waals surface area contributed by atoms with Crippen molar-refractivity contribution in [1.29, 1.82) is 0 Å². The molecule has 1 fully saturated rings. The number of likely N-dealkylation sites (tertiary alicyclic amines) is 1. The molecule has 1 atom stereocenters. The maximum atomic E-state index is 11.6. The third kappa shape index (κ3) is 3.84. The molecule has 0 N–H and O–H groups in total. The summed E-state index contributed by atoms with van der Waals surface area (Å²) in [7, 11) is 1.38. The zero-order valence-corrected chi connectivity index (χ0v) is 11.9. The minimum Gasteiger partial charge on any atom is -0.398 e. The predicted octanol–water partition coefficient (Wildman–Crippen LogP) is 1.22. The van der Waals surface area contributed by atoms with E-state index in [9.17, 15) is 4.79 Å². The maximum Gasteiger partial charge on any atom is 0.334 e. The van der Waals surface area contributed by atoms with E-state index in [2.05, 4.69) is 5.92 Å². The van der Waals surface area contributed by atoms with Crippen LogP contribution in [-0.2, 0) is 13.6 Å². The molecule has 4 nitrogen and oxygen atoms in total. The van der Waals surface area contributed by atoms with Crippen LogP contribution in [0.5, 0.6) is 0 Å². The van der Waals surface area contributed by atoms with Crippen molar-refractivity contribution >= 4 is 14.5 Å². The lowest BCUT2D eigenvalue weighted by molar-refractivity contribution is -0.127. The Morgan fingerprint density at radius 2 is 2.18 bits per heavy atom. The number of hydrogen-bond donors (Lipinski definition) is 0. The Bertz CT molecular complexity index is 309. The van der Waals surface area contributed by atoms with Gasteiger partial charge in [-0.05, 0) is 19.0 Å². The van der Waals surface area contributed by atoms with Gasteiger partial charge in [0.25, 0.3) is 0 Å². The Labute approximate surface area is 105 Å². The quantitative estimate of drug-likeness (QED) is 0.529. The van der Waals surface area contributed by atoms with Crippen molar-refractivity contribution < 1.29 is 13.6 Å². The Morgan fingerprint density at radius 1 is 1.53 bits per heavy atom. The molecule has 0 aromatic rings. The summed E-state index contributed by atoms with van der Waals surface area (Å²) in [5.41, 5.74) is 0. The van der Waals surface area contributed by atoms with E-state index in [-0.39, 0.29) is 11.8 Å². The Morgan fingerprint density at radius 3 is 2.65 bits per heavy atom. The van der Waals surface area contributed by atoms with E-state index in [1.807, 2.05) is 11.4 Å². The first-order valence-corrected chi connectivity index (χ1v) is 8.41. The highest BCUT2D eigenvalue weighted by atomic mass is 28.4. The van der Waals surface area contributed by atoms with Gasteiger partial charge in [-0.15, -0.1) is 12.3 Å². The average molecular weight is 255 g/mol. The molecule has 0 radical (unpaired) electrons. The van der Waals surface area contributed by atoms with Crippen LogP contribution >= 0.6 is 0 Å². The van der Waals surface area contributed by atoms with Gasteiger partial charge >= 0.3 is 8.56 Å². The zero-order chi connectivity index (χ0) is 12.9. The maximum absolute atomic E-state index is 11.6. The van der Waals surface area contributed by atoms with Gasteiger partial charge in [0.1, 0.15) is 0 Å². The van der Waals surface area contributed by atoms with Crippen LogP contribution in [0.2, 0.25) is 12.6 Å². The molecule has 1 heterocycles. The zero-order valence-electron chi connectivity index (χ0n) is 10.9. The van der Waals surface area contributed by atoms with E-state index in [1.54, 1.807) is 14.2 Å². The van der Waals surface area contributed by atoms with Gasteiger partial charge in [0.2, 0.25) is 5.91 Å². The van der Waals surface area contributed by atoms with E-state index in [4.69, 9.17) is 15.3 Å². The first kappa shape index (κ1) is 14.2. The number of carbonyl (C=O) groups excluding carboxylic acids is 1. The number of terminal acetylenes is 1. The largest absolute Gasteiger partial charge is 0.398 e. The monoisotopic (exact) mass is 255 g/mol. The molecule has 5 heteroatoms. The van der Waals surface area contributed by atoms with Crippen LogP contribution in [0.1, 0.15) is 12.8 Å². The minimum absolute atomic E-state index is 0.0935. The second kappa shape index (κ2) is 6.19. The highest BCUT2D eigenvalue weighted by molar-refractivity contribution is 6.65. The molecule has 0 bridgehead atoms. The molecule has 0 saturated carbocycles. The van der Waals surface area contributed by atoms with Crippen LogP contribution < -0.4 is 0 Å². The van der Waals surface area contributed by atoms with Crippen LogP contribution in [0.4, 0.5) is 0 Å². The SMILES string of the molecule is C#CC1CC(=O)N(CCC[Si](C)(OC)OC)C1. The fraction of sp³-hybridized carbons (Fsp3) is 0.750. The summed E-state index contributed by atoms with van der Waals surface area (Å²) in [5.74, 6) is 2.92. The molecule has 96 valence electrons. The Kier molecular flexibility index (Phi) is 5.19. The fourth-order valence-electron chi connectivity index (χ4n) is 1.98. The third-order valence-corrected chi connectivity index (χ3v) is 6.36. The molecule has 1 aliphatic heterocycles. The van der Waals surface area contributed by atoms with E-state index >= 15 is 0 Å². The number of amides is 1. The lowest BCUT2D eigenvalue weighted by atomic mass is 10.1. The van der Waals surface area contributed by atoms with Gasteiger partial charge in [0.15, 0.2) is 0 Å². The van der Waals surface area contributed by atoms with Gasteiger partial charge < -0.3 is 13.8 Å². The van der Waals surface area contributed by atoms with Crippen molar-refractivity contribution in [1.82, 2.24) is 4.90 Å². The molecule has 1 amide bonds. The van der Waals surface area contributed by atoms with Crippen LogP contribution in [0.25, 0.3) is 0 Å². The second-order valence-corrected chi connectivity index (χ2v) is 8.14. The predicted molar refractivity (Wildman–Crippen MR) is 68.6 cm³/mol. The Hall–Kier alpha value is -0.833. The summed E-state index contributed by atoms with van der Waals surface area (Å²) in [4.78, 5) is 13.5. The fourth-order valence-corrected chi connectivity index (χ4v) is 3.35. The van der Waals surface area contributed by atoms with Gasteiger partial charge in [-0.25, -0.2) is 0 Å². The highest BCUT2D eigenvalue weighted by Gasteiger charge is 2.31. The third-order valence-electron chi connectivity index (χ3n) is 3.37. The molecule has 0 aromatic carbocycles. The van der Waals surface area contributed by atoms with E-state index in [0.717, 1.165) is 19.0 Å². The minimum atomic E-state index is -1.99. The van der Waals surface area contributed by atoms with Gasteiger partial charge in [-0.2, -0.15) is 0 Å². The summed E-state index contributed by atoms with van der Waals surface area (Å²) in [6.45, 7) is 3.49. The summed E-state index contributed by atoms with van der Waals surface area (Å²) in [5, 5.41) is 0. The van der Waals surface area contributed by atoms with Gasteiger partial charge in [-0.3, -0.25) is 4.79 Å². The summed E-state index contributed by atoms with van der Waals surface area (Å²) >= 11 is 0. The molecular weight excluding hydrogens is 234 g/mol. The van der Waals surface area contributed by atoms with Crippen molar-refractivity contribution in [3.63, 3.8) is 0 Å². The number of hydrogen-bond acceptors (Lipinski definition) is 3. The first-order chi connectivity index (χ1) is 8.04. The molecule has 1 unspecified atom stereocenters. The molecular formula is C12H21NO3Si. The summed E-state index contributed by atoms with van der Waals surface area (Å²) < 4.78 is 10.8. The van der Waals surface area contributed by atoms with Gasteiger partial charge in [0.05, 0.1) is 0 Å². The average Bonchev–Trinajstić information content (AvgIpc) is 2.70. The first-order valence-electron chi connectivity index (χ1n) is 5.89. The number of nitrogens with zero attached hydrogens (tertiary/aromatic N) is 1. The lowest BCUT2D eigenvalue weighted by Crippen LogP contribution is -2.37. The molecule has 1 saturated heterocycles. The van der Waals surface area contributed by atoms with E-state index in [0.29, 0.717) is 13.0 Å². The molecule has 1 rings (SSSR count). The van der Waals surface area contributed by atoms with E-state index in [1.165, 1.54) is 0 Å². The molecule has 1 aliphatic rings. The van der Waals surface area contributed by atoms with E-state index < -0.39 is 8.56 Å². The highest BCUT2D eigenvalue weighted by Crippen LogP contribution is 2.19. The summed E-state index contributed by atoms with van der Waals surface area (Å²) in [6, 6.07) is 0.893. The normalized spacial score (nSPS) is 20.7. The standard InChI is InChI=1S/C12H21NO3Si/c1-5-11-9-12(14)13(10-11)7-6-8-17(4,15-2)16-3/h1,11H,6-10H2,2-4H3. The molecule has 0 spiro atoms. The van der Waals surface area contributed by atoms with Gasteiger partial charge in [0, 0.05) is 39.6 Å². The van der Waals surface area contributed by atoms with Crippen molar-refractivity contribution in [3.05, 3.63) is 0 Å². The van der Waals surface area contributed by atoms with Crippen LogP contribution in [-0.4, -0.2) is 46.7 Å². The van der Waals surface area contributed by atoms with Crippen molar-refractivity contribution in [2.24, 2.45) is 5.92 Å². The topological polar surface area (TPSA) is 38.8 Å². The van der Waals surface area contributed by atoms with Crippen LogP contribution in [0.3, 0.4) is 0 Å². The van der Waals surface area contributed by atoms with Crippen molar-refractivity contribution in [2.75, 3.05) is 27.3 Å². The smallest absolute Gasteiger partial charge is 0.334 e. The van der Waals surface area contributed by atoms with Crippen molar-refractivity contribution in [3.8, 4) is 12.3 Å². The lowest BCUT2D eigenvalue weighted by Gasteiger charge is -2.24. The molecule has 0 aliphatic carbocycles. The Balaban J connectivity index is 2.33. The van der Waals surface area contributed by atoms with Crippen molar-refractivity contribution in [2.45, 2.75) is 25.4 Å². The molecule has 0 aromatic heterocycles. The number of rotatable bonds is 6. The van der Waals surface area contributed by atoms with Crippen LogP contribution in [0, 0.1) is 18.3 Å². The van der Waals surface area contributed by atoms with Gasteiger partial charge in [-0.1, -0.05) is 0 Å². The second-order valence-electron chi connectivity index (χ2n) is 4.55. The molecule has 17 heavy (non-hydrogen) atoms.